The van der Waals surface area contributed by atoms with Crippen LogP contribution in [-0.4, -0.2) is 0 Å². The van der Waals surface area contributed by atoms with Crippen LogP contribution in [0.5, 0.6) is 23.0 Å². The van der Waals surface area contributed by atoms with Crippen molar-refractivity contribution < 1.29 is 9.47 Å². The van der Waals surface area contributed by atoms with Crippen LogP contribution in [0.15, 0.2) is 182 Å². The monoisotopic (exact) mass is 662 g/mol. The summed E-state index contributed by atoms with van der Waals surface area (Å²) < 4.78 is 12.9. The van der Waals surface area contributed by atoms with Crippen LogP contribution >= 0.6 is 0 Å². The average molecular weight is 663 g/mol. The van der Waals surface area contributed by atoms with Gasteiger partial charge in [0.15, 0.2) is 23.0 Å². The zero-order chi connectivity index (χ0) is 34.2. The molecule has 10 aromatic rings. The summed E-state index contributed by atoms with van der Waals surface area (Å²) in [5.74, 6) is 2.94. The molecule has 0 saturated heterocycles. The lowest BCUT2D eigenvalue weighted by Gasteiger charge is -2.24. The summed E-state index contributed by atoms with van der Waals surface area (Å²) >= 11 is 0. The fourth-order valence-electron chi connectivity index (χ4n) is 8.40. The zero-order valence-electron chi connectivity index (χ0n) is 28.1. The highest BCUT2D eigenvalue weighted by molar-refractivity contribution is 6.20. The minimum atomic E-state index is 0.725. The van der Waals surface area contributed by atoms with Gasteiger partial charge in [-0.3, -0.25) is 0 Å². The smallest absolute Gasteiger partial charge is 0.177 e. The standard InChI is InChI=1S/C50H30O2/c1-3-15-33-31(13-1)29-32-14-2-4-16-34(32)49(33)43-28-27-41(37-19-7-8-20-38(37)43)40-25-26-42(36-18-6-5-17-35(36)40)45-30-48-50(44-22-10-9-21-39(44)45)52-47-24-12-11-23-46(47)51-48/h1-30H. The molecule has 0 aliphatic carbocycles. The Bertz CT molecular complexity index is 3030. The lowest BCUT2D eigenvalue weighted by Crippen LogP contribution is -2.00. The summed E-state index contributed by atoms with van der Waals surface area (Å²) in [4.78, 5) is 0. The largest absolute Gasteiger partial charge is 0.449 e. The maximum Gasteiger partial charge on any atom is 0.177 e. The van der Waals surface area contributed by atoms with Gasteiger partial charge in [-0.25, -0.2) is 0 Å². The van der Waals surface area contributed by atoms with Crippen molar-refractivity contribution in [1.82, 2.24) is 0 Å². The molecular weight excluding hydrogens is 633 g/mol. The van der Waals surface area contributed by atoms with E-state index in [1.807, 2.05) is 24.3 Å². The molecule has 242 valence electrons. The van der Waals surface area contributed by atoms with Gasteiger partial charge < -0.3 is 9.47 Å². The van der Waals surface area contributed by atoms with Crippen molar-refractivity contribution in [3.05, 3.63) is 182 Å². The first-order chi connectivity index (χ1) is 25.8. The van der Waals surface area contributed by atoms with E-state index in [2.05, 4.69) is 158 Å². The Morgan fingerprint density at radius 1 is 0.250 bits per heavy atom. The summed E-state index contributed by atoms with van der Waals surface area (Å²) in [5.41, 5.74) is 7.23. The van der Waals surface area contributed by atoms with Gasteiger partial charge in [0.2, 0.25) is 0 Å². The lowest BCUT2D eigenvalue weighted by molar-refractivity contribution is 0.363. The first kappa shape index (κ1) is 28.9. The molecule has 1 aliphatic heterocycles. The molecule has 0 amide bonds. The molecule has 1 aliphatic rings. The zero-order valence-corrected chi connectivity index (χ0v) is 28.1. The Kier molecular flexibility index (Phi) is 6.28. The molecule has 0 spiro atoms. The Morgan fingerprint density at radius 3 is 1.19 bits per heavy atom. The number of rotatable bonds is 3. The van der Waals surface area contributed by atoms with Crippen LogP contribution in [0.2, 0.25) is 0 Å². The Balaban J connectivity index is 1.13. The summed E-state index contributed by atoms with van der Waals surface area (Å²) in [6.45, 7) is 0. The second-order valence-corrected chi connectivity index (χ2v) is 13.6. The average Bonchev–Trinajstić information content (AvgIpc) is 3.21. The minimum absolute atomic E-state index is 0.725. The van der Waals surface area contributed by atoms with E-state index in [0.29, 0.717) is 0 Å². The molecule has 0 bridgehead atoms. The maximum absolute atomic E-state index is 6.48. The van der Waals surface area contributed by atoms with E-state index in [1.54, 1.807) is 0 Å². The fourth-order valence-corrected chi connectivity index (χ4v) is 8.40. The van der Waals surface area contributed by atoms with Gasteiger partial charge in [0.25, 0.3) is 0 Å². The SMILES string of the molecule is c1ccc2c(c1)Oc1cc(-c3ccc(-c4ccc(-c5c6ccccc6cc6ccccc56)c5ccccc45)c4ccccc34)c3ccccc3c1O2. The highest BCUT2D eigenvalue weighted by Gasteiger charge is 2.24. The second kappa shape index (κ2) is 11.3. The summed E-state index contributed by atoms with van der Waals surface area (Å²) in [7, 11) is 0. The summed E-state index contributed by atoms with van der Waals surface area (Å²) in [6.07, 6.45) is 0. The van der Waals surface area contributed by atoms with E-state index in [9.17, 15) is 0 Å². The fraction of sp³-hybridized carbons (Fsp3) is 0. The van der Waals surface area contributed by atoms with Crippen LogP contribution in [-0.2, 0) is 0 Å². The molecule has 52 heavy (non-hydrogen) atoms. The Morgan fingerprint density at radius 2 is 0.635 bits per heavy atom. The topological polar surface area (TPSA) is 18.5 Å². The third-order valence-electron chi connectivity index (χ3n) is 10.7. The summed E-state index contributed by atoms with van der Waals surface area (Å²) in [6, 6.07) is 65.2. The van der Waals surface area contributed by atoms with E-state index in [-0.39, 0.29) is 0 Å². The molecule has 11 rings (SSSR count). The van der Waals surface area contributed by atoms with Crippen LogP contribution in [0.1, 0.15) is 0 Å². The molecule has 10 aromatic carbocycles. The molecule has 0 fully saturated rings. The van der Waals surface area contributed by atoms with Gasteiger partial charge in [-0.1, -0.05) is 158 Å². The van der Waals surface area contributed by atoms with Crippen molar-refractivity contribution in [2.45, 2.75) is 0 Å². The molecule has 0 radical (unpaired) electrons. The van der Waals surface area contributed by atoms with Crippen LogP contribution in [0.4, 0.5) is 0 Å². The van der Waals surface area contributed by atoms with E-state index in [4.69, 9.17) is 9.47 Å². The normalized spacial score (nSPS) is 12.2. The van der Waals surface area contributed by atoms with E-state index in [1.165, 1.54) is 65.3 Å². The maximum atomic E-state index is 6.48. The Labute approximate surface area is 300 Å². The number of benzene rings is 10. The molecule has 1 heterocycles. The van der Waals surface area contributed by atoms with Crippen molar-refractivity contribution in [3.8, 4) is 56.4 Å². The molecule has 0 atom stereocenters. The van der Waals surface area contributed by atoms with Crippen molar-refractivity contribution in [2.75, 3.05) is 0 Å². The number of hydrogen-bond acceptors (Lipinski definition) is 2. The number of ether oxygens (including phenoxy) is 2. The van der Waals surface area contributed by atoms with Gasteiger partial charge in [0.1, 0.15) is 0 Å². The predicted octanol–water partition coefficient (Wildman–Crippen LogP) is 14.4. The second-order valence-electron chi connectivity index (χ2n) is 13.6. The molecule has 0 saturated carbocycles. The van der Waals surface area contributed by atoms with Crippen molar-refractivity contribution in [3.63, 3.8) is 0 Å². The van der Waals surface area contributed by atoms with E-state index in [0.717, 1.165) is 44.9 Å². The molecular formula is C50H30O2. The minimum Gasteiger partial charge on any atom is -0.449 e. The first-order valence-corrected chi connectivity index (χ1v) is 17.8. The van der Waals surface area contributed by atoms with Crippen LogP contribution in [0, 0.1) is 0 Å². The number of hydrogen-bond donors (Lipinski definition) is 0. The summed E-state index contributed by atoms with van der Waals surface area (Å²) in [5, 5.41) is 12.1. The van der Waals surface area contributed by atoms with Crippen LogP contribution in [0.3, 0.4) is 0 Å². The molecule has 0 aromatic heterocycles. The lowest BCUT2D eigenvalue weighted by atomic mass is 9.85. The van der Waals surface area contributed by atoms with E-state index >= 15 is 0 Å². The molecule has 2 heteroatoms. The van der Waals surface area contributed by atoms with E-state index < -0.39 is 0 Å². The predicted molar refractivity (Wildman–Crippen MR) is 217 cm³/mol. The highest BCUT2D eigenvalue weighted by atomic mass is 16.6. The highest BCUT2D eigenvalue weighted by Crippen LogP contribution is 2.52. The van der Waals surface area contributed by atoms with Gasteiger partial charge in [-0.05, 0) is 106 Å². The molecule has 0 N–H and O–H groups in total. The van der Waals surface area contributed by atoms with Gasteiger partial charge in [0, 0.05) is 5.39 Å². The number of fused-ring (bicyclic) bond motifs is 8. The third-order valence-corrected chi connectivity index (χ3v) is 10.7. The number of para-hydroxylation sites is 2. The Hall–Kier alpha value is -6.90. The quantitative estimate of drug-likeness (QED) is 0.175. The van der Waals surface area contributed by atoms with Crippen LogP contribution in [0.25, 0.3) is 87.2 Å². The van der Waals surface area contributed by atoms with Gasteiger partial charge >= 0.3 is 0 Å². The van der Waals surface area contributed by atoms with Crippen molar-refractivity contribution >= 4 is 53.9 Å². The van der Waals surface area contributed by atoms with Gasteiger partial charge in [-0.2, -0.15) is 0 Å². The van der Waals surface area contributed by atoms with Gasteiger partial charge in [0.05, 0.1) is 0 Å². The molecule has 0 unspecified atom stereocenters. The van der Waals surface area contributed by atoms with Crippen LogP contribution < -0.4 is 9.47 Å². The van der Waals surface area contributed by atoms with Crippen molar-refractivity contribution in [1.29, 1.82) is 0 Å². The first-order valence-electron chi connectivity index (χ1n) is 17.8. The van der Waals surface area contributed by atoms with Gasteiger partial charge in [-0.15, -0.1) is 0 Å². The third kappa shape index (κ3) is 4.31. The van der Waals surface area contributed by atoms with Crippen molar-refractivity contribution in [2.24, 2.45) is 0 Å². The molecule has 2 nitrogen and oxygen atoms in total.